The number of anilines is 2. The number of likely N-dealkylation sites (N-methyl/N-ethyl adjacent to an activating group) is 1. The molecule has 6 rings (SSSR count). The summed E-state index contributed by atoms with van der Waals surface area (Å²) < 4.78 is 0. The molecule has 0 spiro atoms. The Kier molecular flexibility index (Phi) is 4.89. The maximum atomic E-state index is 6.00. The van der Waals surface area contributed by atoms with E-state index in [0.29, 0.717) is 0 Å². The molecule has 4 heterocycles. The molecule has 3 aromatic rings. The van der Waals surface area contributed by atoms with E-state index in [1.54, 1.807) is 0 Å². The molecular formula is C27H32N6. The van der Waals surface area contributed by atoms with E-state index < -0.39 is 0 Å². The van der Waals surface area contributed by atoms with Crippen LogP contribution in [-0.4, -0.2) is 49.2 Å². The fourth-order valence-corrected chi connectivity index (χ4v) is 5.47. The van der Waals surface area contributed by atoms with Crippen molar-refractivity contribution in [2.75, 3.05) is 43.0 Å². The van der Waals surface area contributed by atoms with Crippen LogP contribution in [0.15, 0.2) is 48.8 Å². The predicted octanol–water partition coefficient (Wildman–Crippen LogP) is 3.54. The Labute approximate surface area is 195 Å². The lowest BCUT2D eigenvalue weighted by atomic mass is 9.90. The summed E-state index contributed by atoms with van der Waals surface area (Å²) in [4.78, 5) is 14.3. The van der Waals surface area contributed by atoms with Crippen molar-refractivity contribution in [2.45, 2.75) is 25.8 Å². The van der Waals surface area contributed by atoms with Crippen LogP contribution in [0.4, 0.5) is 11.5 Å². The van der Waals surface area contributed by atoms with Gasteiger partial charge in [0.2, 0.25) is 0 Å². The van der Waals surface area contributed by atoms with Gasteiger partial charge in [0.1, 0.15) is 5.82 Å². The highest BCUT2D eigenvalue weighted by Gasteiger charge is 2.35. The van der Waals surface area contributed by atoms with Gasteiger partial charge in [-0.2, -0.15) is 0 Å². The number of aromatic nitrogens is 2. The Morgan fingerprint density at radius 2 is 2.03 bits per heavy atom. The lowest BCUT2D eigenvalue weighted by Crippen LogP contribution is -2.35. The van der Waals surface area contributed by atoms with Crippen LogP contribution in [0.3, 0.4) is 0 Å². The van der Waals surface area contributed by atoms with Gasteiger partial charge in [-0.25, -0.2) is 9.97 Å². The highest BCUT2D eigenvalue weighted by molar-refractivity contribution is 5.96. The first-order valence-electron chi connectivity index (χ1n) is 12.0. The van der Waals surface area contributed by atoms with Gasteiger partial charge in [-0.05, 0) is 86.1 Å². The number of pyridine rings is 2. The second kappa shape index (κ2) is 7.82. The second-order valence-corrected chi connectivity index (χ2v) is 10.0. The molecule has 3 unspecified atom stereocenters. The maximum Gasteiger partial charge on any atom is 0.132 e. The van der Waals surface area contributed by atoms with E-state index in [4.69, 9.17) is 15.7 Å². The average Bonchev–Trinajstić information content (AvgIpc) is 3.46. The van der Waals surface area contributed by atoms with E-state index in [-0.39, 0.29) is 6.04 Å². The molecule has 2 saturated heterocycles. The van der Waals surface area contributed by atoms with Crippen LogP contribution in [-0.2, 0) is 6.42 Å². The minimum Gasteiger partial charge on any atom is -0.370 e. The monoisotopic (exact) mass is 440 g/mol. The van der Waals surface area contributed by atoms with E-state index in [1.807, 2.05) is 31.1 Å². The summed E-state index contributed by atoms with van der Waals surface area (Å²) >= 11 is 0. The van der Waals surface area contributed by atoms with Crippen molar-refractivity contribution in [3.8, 4) is 11.3 Å². The Hall–Kier alpha value is -2.96. The average molecular weight is 441 g/mol. The molecule has 2 fully saturated rings. The van der Waals surface area contributed by atoms with E-state index in [9.17, 15) is 0 Å². The van der Waals surface area contributed by atoms with Crippen LogP contribution in [0.2, 0.25) is 0 Å². The Morgan fingerprint density at radius 1 is 1.21 bits per heavy atom. The summed E-state index contributed by atoms with van der Waals surface area (Å²) in [6, 6.07) is 10.9. The van der Waals surface area contributed by atoms with Gasteiger partial charge in [0.25, 0.3) is 0 Å². The third-order valence-corrected chi connectivity index (χ3v) is 7.72. The molecule has 6 heteroatoms. The normalized spacial score (nSPS) is 22.1. The fraction of sp³-hybridized carbons (Fsp3) is 0.407. The number of nitrogens with two attached hydrogens (primary N) is 1. The Bertz CT molecular complexity index is 1220. The lowest BCUT2D eigenvalue weighted by Gasteiger charge is -2.23. The fourth-order valence-electron chi connectivity index (χ4n) is 5.47. The number of hydrogen-bond acceptors (Lipinski definition) is 6. The smallest absolute Gasteiger partial charge is 0.132 e. The van der Waals surface area contributed by atoms with Crippen molar-refractivity contribution < 1.29 is 0 Å². The molecule has 3 N–H and O–H groups in total. The number of nitrogens with one attached hydrogen (secondary N) is 1. The highest BCUT2D eigenvalue weighted by Crippen LogP contribution is 2.41. The van der Waals surface area contributed by atoms with Crippen LogP contribution in [0, 0.1) is 11.8 Å². The Morgan fingerprint density at radius 3 is 2.79 bits per heavy atom. The van der Waals surface area contributed by atoms with Gasteiger partial charge in [0.05, 0.1) is 11.2 Å². The molecular weight excluding hydrogens is 408 g/mol. The first kappa shape index (κ1) is 20.6. The Balaban J connectivity index is 1.37. The summed E-state index contributed by atoms with van der Waals surface area (Å²) in [5.74, 6) is 2.36. The molecule has 3 aliphatic rings. The summed E-state index contributed by atoms with van der Waals surface area (Å²) in [6.45, 7) is 10.6. The third kappa shape index (κ3) is 3.67. The SMILES string of the molecule is C=C(C(C)N)N(C)c1ccc(-c2cc(N3CC4CCNCC4C3)c3cc4c(cc3n2)C4)cn1. The molecule has 0 radical (unpaired) electrons. The molecule has 33 heavy (non-hydrogen) atoms. The van der Waals surface area contributed by atoms with Crippen molar-refractivity contribution in [1.82, 2.24) is 15.3 Å². The molecule has 3 atom stereocenters. The first-order chi connectivity index (χ1) is 16.0. The molecule has 0 bridgehead atoms. The van der Waals surface area contributed by atoms with Crippen LogP contribution in [0.25, 0.3) is 22.2 Å². The molecule has 2 aromatic heterocycles. The number of piperidine rings is 1. The van der Waals surface area contributed by atoms with Crippen LogP contribution < -0.4 is 20.9 Å². The molecule has 170 valence electrons. The first-order valence-corrected chi connectivity index (χ1v) is 12.0. The maximum absolute atomic E-state index is 6.00. The van der Waals surface area contributed by atoms with Crippen molar-refractivity contribution in [3.63, 3.8) is 0 Å². The van der Waals surface area contributed by atoms with Gasteiger partial charge in [0, 0.05) is 54.7 Å². The van der Waals surface area contributed by atoms with E-state index >= 15 is 0 Å². The van der Waals surface area contributed by atoms with Crippen molar-refractivity contribution in [2.24, 2.45) is 17.6 Å². The van der Waals surface area contributed by atoms with Gasteiger partial charge in [0.15, 0.2) is 0 Å². The summed E-state index contributed by atoms with van der Waals surface area (Å²) in [5.41, 5.74) is 14.2. The van der Waals surface area contributed by atoms with Crippen molar-refractivity contribution in [3.05, 3.63) is 59.9 Å². The van der Waals surface area contributed by atoms with Gasteiger partial charge < -0.3 is 20.9 Å². The zero-order valence-corrected chi connectivity index (χ0v) is 19.5. The molecule has 0 amide bonds. The van der Waals surface area contributed by atoms with Gasteiger partial charge in [-0.1, -0.05) is 6.58 Å². The largest absolute Gasteiger partial charge is 0.370 e. The van der Waals surface area contributed by atoms with Crippen LogP contribution >= 0.6 is 0 Å². The minimum atomic E-state index is -0.117. The van der Waals surface area contributed by atoms with Crippen molar-refractivity contribution in [1.29, 1.82) is 0 Å². The predicted molar refractivity (Wildman–Crippen MR) is 136 cm³/mol. The van der Waals surface area contributed by atoms with Crippen LogP contribution in [0.5, 0.6) is 0 Å². The van der Waals surface area contributed by atoms with E-state index in [2.05, 4.69) is 41.1 Å². The highest BCUT2D eigenvalue weighted by atomic mass is 15.2. The number of hydrogen-bond donors (Lipinski definition) is 2. The number of benzene rings is 1. The van der Waals surface area contributed by atoms with E-state index in [1.165, 1.54) is 28.6 Å². The molecule has 1 aromatic carbocycles. The molecule has 1 aliphatic carbocycles. The lowest BCUT2D eigenvalue weighted by molar-refractivity contribution is 0.318. The zero-order chi connectivity index (χ0) is 22.7. The molecule has 2 aliphatic heterocycles. The zero-order valence-electron chi connectivity index (χ0n) is 19.5. The molecule has 6 nitrogen and oxygen atoms in total. The minimum absolute atomic E-state index is 0.117. The third-order valence-electron chi connectivity index (χ3n) is 7.72. The topological polar surface area (TPSA) is 70.3 Å². The standard InChI is InChI=1S/C27H32N6/c1-16(28)17(2)32(3)27-5-4-18(13-30-27)24-11-26(23-9-20-8-21(20)10-25(23)31-24)33-14-19-6-7-29-12-22(19)15-33/h4-5,9-11,13,16,19,22,29H,2,6-8,12,14-15,28H2,1,3H3. The summed E-state index contributed by atoms with van der Waals surface area (Å²) in [5, 5.41) is 4.87. The summed E-state index contributed by atoms with van der Waals surface area (Å²) in [6.07, 6.45) is 4.30. The van der Waals surface area contributed by atoms with Gasteiger partial charge in [-0.3, -0.25) is 0 Å². The number of fused-ring (bicyclic) bond motifs is 3. The summed E-state index contributed by atoms with van der Waals surface area (Å²) in [7, 11) is 1.95. The van der Waals surface area contributed by atoms with Crippen molar-refractivity contribution >= 4 is 22.4 Å². The van der Waals surface area contributed by atoms with E-state index in [0.717, 1.165) is 72.7 Å². The molecule has 0 saturated carbocycles. The van der Waals surface area contributed by atoms with Gasteiger partial charge >= 0.3 is 0 Å². The van der Waals surface area contributed by atoms with Gasteiger partial charge in [-0.15, -0.1) is 0 Å². The van der Waals surface area contributed by atoms with Crippen LogP contribution in [0.1, 0.15) is 24.5 Å². The second-order valence-electron chi connectivity index (χ2n) is 10.0. The quantitative estimate of drug-likeness (QED) is 0.495. The number of rotatable bonds is 5. The number of nitrogens with zero attached hydrogens (tertiary/aromatic N) is 4.